The second-order valence-corrected chi connectivity index (χ2v) is 18.9. The zero-order valence-corrected chi connectivity index (χ0v) is 41.4. The summed E-state index contributed by atoms with van der Waals surface area (Å²) in [6.45, 7) is 14.8. The largest absolute Gasteiger partial charge is 0.463 e. The number of carbonyl (C=O) groups is 5. The van der Waals surface area contributed by atoms with Gasteiger partial charge in [-0.1, -0.05) is 51.1 Å². The first-order valence-electron chi connectivity index (χ1n) is 23.9. The molecule has 16 atom stereocenters. The summed E-state index contributed by atoms with van der Waals surface area (Å²) in [6, 6.07) is 9.21. The highest BCUT2D eigenvalue weighted by Gasteiger charge is 2.54. The molecule has 1 aromatic rings. The molecule has 0 amide bonds. The number of esters is 4. The highest BCUT2D eigenvalue weighted by atomic mass is 16.7. The molecule has 0 unspecified atom stereocenters. The van der Waals surface area contributed by atoms with Crippen LogP contribution in [0.15, 0.2) is 30.3 Å². The number of aliphatic hydroxyl groups excluding tert-OH is 2. The predicted octanol–water partition coefficient (Wildman–Crippen LogP) is 3.77. The van der Waals surface area contributed by atoms with Crippen LogP contribution in [-0.2, 0) is 73.0 Å². The van der Waals surface area contributed by atoms with Crippen LogP contribution in [0.25, 0.3) is 0 Å². The summed E-state index contributed by atoms with van der Waals surface area (Å²) in [7, 11) is 4.89. The van der Waals surface area contributed by atoms with E-state index in [0.29, 0.717) is 26.1 Å². The first-order chi connectivity index (χ1) is 31.7. The van der Waals surface area contributed by atoms with Crippen molar-refractivity contribution in [2.24, 2.45) is 11.8 Å². The van der Waals surface area contributed by atoms with Gasteiger partial charge in [0.25, 0.3) is 0 Å². The molecule has 0 bridgehead atoms. The van der Waals surface area contributed by atoms with Crippen molar-refractivity contribution in [2.75, 3.05) is 40.8 Å². The maximum Gasteiger partial charge on any atom is 0.309 e. The van der Waals surface area contributed by atoms with Crippen LogP contribution in [0.3, 0.4) is 0 Å². The second-order valence-electron chi connectivity index (χ2n) is 18.9. The van der Waals surface area contributed by atoms with Crippen LogP contribution in [0.4, 0.5) is 0 Å². The van der Waals surface area contributed by atoms with E-state index < -0.39 is 127 Å². The zero-order chi connectivity index (χ0) is 49.6. The van der Waals surface area contributed by atoms with E-state index in [1.165, 1.54) is 14.0 Å². The van der Waals surface area contributed by atoms with Crippen molar-refractivity contribution >= 4 is 30.2 Å². The maximum atomic E-state index is 13.7. The van der Waals surface area contributed by atoms with Gasteiger partial charge in [-0.15, -0.1) is 0 Å². The minimum absolute atomic E-state index is 0.00829. The van der Waals surface area contributed by atoms with Crippen molar-refractivity contribution in [3.8, 4) is 0 Å². The lowest BCUT2D eigenvalue weighted by Crippen LogP contribution is -2.66. The van der Waals surface area contributed by atoms with Crippen molar-refractivity contribution in [2.45, 2.75) is 192 Å². The molecule has 3 saturated heterocycles. The van der Waals surface area contributed by atoms with E-state index in [2.05, 4.69) is 17.0 Å². The molecule has 67 heavy (non-hydrogen) atoms. The van der Waals surface area contributed by atoms with Gasteiger partial charge in [0.2, 0.25) is 0 Å². The number of hydrogen-bond donors (Lipinski definition) is 2. The number of cyclic esters (lactones) is 1. The van der Waals surface area contributed by atoms with Crippen molar-refractivity contribution in [3.05, 3.63) is 35.9 Å². The lowest BCUT2D eigenvalue weighted by atomic mass is 9.82. The molecule has 3 aliphatic heterocycles. The molecule has 380 valence electrons. The molecule has 0 spiro atoms. The van der Waals surface area contributed by atoms with Gasteiger partial charge in [-0.25, -0.2) is 0 Å². The van der Waals surface area contributed by atoms with Crippen LogP contribution >= 0.6 is 0 Å². The van der Waals surface area contributed by atoms with E-state index in [1.54, 1.807) is 60.5 Å². The van der Waals surface area contributed by atoms with Gasteiger partial charge in [0.05, 0.1) is 36.9 Å². The fraction of sp³-hybridized carbons (Fsp3) is 0.776. The molecule has 4 rings (SSSR count). The topological polar surface area (TPSA) is 215 Å². The Balaban J connectivity index is 1.69. The number of ether oxygens (including phenoxy) is 9. The Morgan fingerprint density at radius 2 is 1.61 bits per heavy atom. The number of nitrogens with zero attached hydrogens (tertiary/aromatic N) is 2. The lowest BCUT2D eigenvalue weighted by Gasteiger charge is -2.50. The monoisotopic (exact) mass is 951 g/mol. The first-order valence-corrected chi connectivity index (χ1v) is 23.9. The number of methoxy groups -OCH3 is 1. The average Bonchev–Trinajstić information content (AvgIpc) is 3.26. The van der Waals surface area contributed by atoms with Crippen LogP contribution in [0, 0.1) is 11.8 Å². The molecule has 2 N–H and O–H groups in total. The van der Waals surface area contributed by atoms with E-state index in [1.807, 2.05) is 25.1 Å². The third-order valence-electron chi connectivity index (χ3n) is 13.1. The Kier molecular flexibility index (Phi) is 22.1. The highest BCUT2D eigenvalue weighted by Crippen LogP contribution is 2.39. The SMILES string of the molecule is CCC(=O)O[C@@H]1CC(=O)O[C@H](C)CCN(CCc2ccccc2)C[C@H](O)[C@H](C)C[C@H](CC=O)[C@H](O[C@@H]2O[C@H](C)[C@@H](O[C@H]3C[C@@](C)(OC(C)=O)[C@@H](OC(=O)CC)[C@H](C)O3)[C@H](N(C)C)[C@H]2O)[C@H]1OC. The summed E-state index contributed by atoms with van der Waals surface area (Å²) in [4.78, 5) is 68.0. The Morgan fingerprint density at radius 3 is 2.22 bits per heavy atom. The Hall–Kier alpha value is -3.59. The molecule has 18 heteroatoms. The Bertz CT molecular complexity index is 1720. The van der Waals surface area contributed by atoms with E-state index in [0.717, 1.165) is 18.3 Å². The number of likely N-dealkylation sites (N-methyl/N-ethyl adjacent to an activating group) is 1. The van der Waals surface area contributed by atoms with Gasteiger partial charge in [0.1, 0.15) is 36.8 Å². The smallest absolute Gasteiger partial charge is 0.309 e. The van der Waals surface area contributed by atoms with Gasteiger partial charge in [-0.3, -0.25) is 19.2 Å². The normalized spacial score (nSPS) is 36.2. The molecule has 0 aromatic heterocycles. The minimum atomic E-state index is -1.43. The van der Waals surface area contributed by atoms with Crippen LogP contribution in [0.2, 0.25) is 0 Å². The number of aldehydes is 1. The van der Waals surface area contributed by atoms with Crippen LogP contribution in [0.1, 0.15) is 106 Å². The number of β-amino-alcohol motifs (C(OH)–C–C–N with tert-alkyl or cyclic N) is 1. The molecule has 1 aromatic carbocycles. The van der Waals surface area contributed by atoms with E-state index in [9.17, 15) is 34.2 Å². The standard InChI is InChI=1S/C49H78N2O16/c1-12-38(55)63-37-26-40(57)60-30(4)19-22-51(23-20-34-17-15-14-16-18-34)28-36(54)29(3)25-35(21-24-52)45(46(37)59-11)66-48-43(58)42(50(9)10)44(31(5)62-48)65-41-27-49(8,67-33(7)53)47(32(6)61-41)64-39(56)13-2/h14-18,24,29-32,35-37,41-48,54,58H,12-13,19-23,25-28H2,1-11H3/t29-,30-,31-,32+,35+,36+,37-,41+,42-,43-,44-,45+,46+,47+,48+,49-/m1/s1. The van der Waals surface area contributed by atoms with Crippen LogP contribution in [-0.4, -0.2) is 176 Å². The van der Waals surface area contributed by atoms with Crippen LogP contribution in [0.5, 0.6) is 0 Å². The van der Waals surface area contributed by atoms with Gasteiger partial charge < -0.3 is 67.4 Å². The summed E-state index contributed by atoms with van der Waals surface area (Å²) in [5.41, 5.74) is -0.180. The van der Waals surface area contributed by atoms with Gasteiger partial charge in [-0.05, 0) is 78.5 Å². The molecule has 3 aliphatic rings. The minimum Gasteiger partial charge on any atom is -0.463 e. The highest BCUT2D eigenvalue weighted by molar-refractivity contribution is 5.73. The number of benzene rings is 1. The van der Waals surface area contributed by atoms with E-state index in [4.69, 9.17) is 42.6 Å². The van der Waals surface area contributed by atoms with Gasteiger partial charge >= 0.3 is 23.9 Å². The third kappa shape index (κ3) is 16.0. The number of carbonyl (C=O) groups excluding carboxylic acids is 5. The molecule has 3 fully saturated rings. The molecule has 0 saturated carbocycles. The maximum absolute atomic E-state index is 13.7. The summed E-state index contributed by atoms with van der Waals surface area (Å²) >= 11 is 0. The fourth-order valence-corrected chi connectivity index (χ4v) is 9.58. The third-order valence-corrected chi connectivity index (χ3v) is 13.1. The molecule has 0 aliphatic carbocycles. The van der Waals surface area contributed by atoms with Gasteiger partial charge in [0.15, 0.2) is 24.3 Å². The van der Waals surface area contributed by atoms with Gasteiger partial charge in [-0.2, -0.15) is 0 Å². The van der Waals surface area contributed by atoms with Gasteiger partial charge in [0, 0.05) is 59.4 Å². The first kappa shape index (κ1) is 56.0. The molecule has 18 nitrogen and oxygen atoms in total. The second kappa shape index (κ2) is 26.4. The van der Waals surface area contributed by atoms with Crippen molar-refractivity contribution in [1.82, 2.24) is 9.80 Å². The van der Waals surface area contributed by atoms with Crippen LogP contribution < -0.4 is 0 Å². The molecule has 3 heterocycles. The average molecular weight is 951 g/mol. The number of hydrogen-bond acceptors (Lipinski definition) is 18. The Labute approximate surface area is 396 Å². The number of aliphatic hydroxyl groups is 2. The van der Waals surface area contributed by atoms with Crippen molar-refractivity contribution in [1.29, 1.82) is 0 Å². The number of rotatable bonds is 16. The summed E-state index contributed by atoms with van der Waals surface area (Å²) in [5.74, 6) is -3.42. The fourth-order valence-electron chi connectivity index (χ4n) is 9.58. The molecule has 0 radical (unpaired) electrons. The van der Waals surface area contributed by atoms with E-state index in [-0.39, 0.29) is 32.1 Å². The van der Waals surface area contributed by atoms with Crippen molar-refractivity contribution < 1.29 is 76.8 Å². The van der Waals surface area contributed by atoms with E-state index >= 15 is 0 Å². The quantitative estimate of drug-likeness (QED) is 0.137. The predicted molar refractivity (Wildman–Crippen MR) is 243 cm³/mol. The summed E-state index contributed by atoms with van der Waals surface area (Å²) < 4.78 is 55.5. The molecular formula is C49H78N2O16. The van der Waals surface area contributed by atoms with Crippen molar-refractivity contribution in [3.63, 3.8) is 0 Å². The molecular weight excluding hydrogens is 873 g/mol. The summed E-state index contributed by atoms with van der Waals surface area (Å²) in [6.07, 6.45) is -10.3. The zero-order valence-electron chi connectivity index (χ0n) is 41.4. The summed E-state index contributed by atoms with van der Waals surface area (Å²) in [5, 5.41) is 24.1. The Morgan fingerprint density at radius 1 is 0.940 bits per heavy atom. The lowest BCUT2D eigenvalue weighted by molar-refractivity contribution is -0.344.